The molecule has 0 saturated carbocycles. The van der Waals surface area contributed by atoms with Crippen molar-refractivity contribution in [3.8, 4) is 11.8 Å². The average molecular weight is 393 g/mol. The van der Waals surface area contributed by atoms with E-state index in [-0.39, 0.29) is 11.5 Å². The van der Waals surface area contributed by atoms with Gasteiger partial charge in [-0.15, -0.1) is 0 Å². The van der Waals surface area contributed by atoms with Gasteiger partial charge in [0, 0.05) is 5.69 Å². The number of aromatic nitrogens is 2. The first-order valence-corrected chi connectivity index (χ1v) is 8.99. The Balaban J connectivity index is 2.12. The van der Waals surface area contributed by atoms with Gasteiger partial charge in [-0.1, -0.05) is 30.3 Å². The zero-order chi connectivity index (χ0) is 19.3. The number of nitrogens with one attached hydrogen (secondary N) is 2. The lowest BCUT2D eigenvalue weighted by Crippen LogP contribution is -2.24. The van der Waals surface area contributed by atoms with Crippen molar-refractivity contribution in [2.75, 3.05) is 12.4 Å². The minimum atomic E-state index is -0.531. The van der Waals surface area contributed by atoms with Gasteiger partial charge in [0.25, 0.3) is 5.56 Å². The molecule has 0 spiro atoms. The highest BCUT2D eigenvalue weighted by Gasteiger charge is 2.18. The zero-order valence-corrected chi connectivity index (χ0v) is 16.0. The van der Waals surface area contributed by atoms with E-state index >= 15 is 0 Å². The summed E-state index contributed by atoms with van der Waals surface area (Å²) in [5.74, 6) is 0.236. The van der Waals surface area contributed by atoms with Crippen molar-refractivity contribution in [1.29, 1.82) is 5.26 Å². The van der Waals surface area contributed by atoms with Gasteiger partial charge in [-0.2, -0.15) is 5.26 Å². The van der Waals surface area contributed by atoms with Crippen molar-refractivity contribution in [2.24, 2.45) is 0 Å². The monoisotopic (exact) mass is 392 g/mol. The number of rotatable bonds is 6. The number of carbonyl (C=O) groups is 1. The summed E-state index contributed by atoms with van der Waals surface area (Å²) in [6.07, 6.45) is 0.450. The number of H-pyrrole nitrogens is 1. The largest absolute Gasteiger partial charge is 0.495 e. The molecule has 2 N–H and O–H groups in total. The van der Waals surface area contributed by atoms with Crippen LogP contribution in [-0.2, 0) is 11.2 Å². The van der Waals surface area contributed by atoms with Crippen molar-refractivity contribution in [2.45, 2.75) is 30.7 Å². The van der Waals surface area contributed by atoms with Crippen LogP contribution < -0.4 is 15.6 Å². The molecule has 0 aliphatic rings. The maximum atomic E-state index is 12.4. The minimum absolute atomic E-state index is 0.00169. The fourth-order valence-electron chi connectivity index (χ4n) is 2.13. The average Bonchev–Trinajstić information content (AvgIpc) is 2.61. The quantitative estimate of drug-likeness (QED) is 0.578. The molecular weight excluding hydrogens is 376 g/mol. The number of hydrogen-bond donors (Lipinski definition) is 2. The number of aromatic amines is 1. The molecule has 2 rings (SSSR count). The van der Waals surface area contributed by atoms with Gasteiger partial charge in [0.15, 0.2) is 5.16 Å². The van der Waals surface area contributed by atoms with Gasteiger partial charge >= 0.3 is 0 Å². The Labute approximate surface area is 159 Å². The third-order valence-electron chi connectivity index (χ3n) is 3.50. The molecule has 1 heterocycles. The number of aryl methyl sites for hydroxylation is 1. The van der Waals surface area contributed by atoms with E-state index in [1.54, 1.807) is 32.0 Å². The summed E-state index contributed by atoms with van der Waals surface area (Å²) in [5.41, 5.74) is 0.440. The molecule has 7 nitrogen and oxygen atoms in total. The predicted octanol–water partition coefficient (Wildman–Crippen LogP) is 2.99. The van der Waals surface area contributed by atoms with E-state index < -0.39 is 10.8 Å². The minimum Gasteiger partial charge on any atom is -0.495 e. The van der Waals surface area contributed by atoms with Crippen molar-refractivity contribution in [1.82, 2.24) is 9.97 Å². The fourth-order valence-corrected chi connectivity index (χ4v) is 3.21. The molecule has 0 saturated heterocycles. The Morgan fingerprint density at radius 3 is 2.85 bits per heavy atom. The van der Waals surface area contributed by atoms with E-state index in [0.717, 1.165) is 11.8 Å². The summed E-state index contributed by atoms with van der Waals surface area (Å²) in [5, 5.41) is 11.9. The lowest BCUT2D eigenvalue weighted by molar-refractivity contribution is -0.115. The number of thioether (sulfide) groups is 1. The molecule has 0 radical (unpaired) electrons. The van der Waals surface area contributed by atoms with Crippen LogP contribution >= 0.6 is 23.4 Å². The molecule has 0 aliphatic carbocycles. The standard InChI is InChI=1S/C17H17ClN4O3S/c1-4-13-11(8-19)16(24)22-17(21-13)26-9(2)15(23)20-10-5-6-14(25-3)12(18)7-10/h5-7,9H,4H2,1-3H3,(H,20,23)(H,21,22,24)/t9-/m1/s1. The number of methoxy groups -OCH3 is 1. The molecule has 0 unspecified atom stereocenters. The van der Waals surface area contributed by atoms with Gasteiger partial charge in [0.05, 0.1) is 23.1 Å². The number of anilines is 1. The number of benzene rings is 1. The van der Waals surface area contributed by atoms with Crippen LogP contribution in [0.25, 0.3) is 0 Å². The van der Waals surface area contributed by atoms with Gasteiger partial charge < -0.3 is 15.0 Å². The van der Waals surface area contributed by atoms with Crippen LogP contribution in [-0.4, -0.2) is 28.2 Å². The van der Waals surface area contributed by atoms with Gasteiger partial charge in [0.1, 0.15) is 17.4 Å². The second kappa shape index (κ2) is 8.74. The number of nitriles is 1. The molecule has 9 heteroatoms. The Morgan fingerprint density at radius 2 is 2.27 bits per heavy atom. The first-order valence-electron chi connectivity index (χ1n) is 7.73. The molecule has 1 amide bonds. The van der Waals surface area contributed by atoms with Gasteiger partial charge in [-0.05, 0) is 31.5 Å². The highest BCUT2D eigenvalue weighted by atomic mass is 35.5. The van der Waals surface area contributed by atoms with E-state index in [1.807, 2.05) is 6.07 Å². The van der Waals surface area contributed by atoms with Crippen molar-refractivity contribution in [3.63, 3.8) is 0 Å². The summed E-state index contributed by atoms with van der Waals surface area (Å²) in [6.45, 7) is 3.50. The van der Waals surface area contributed by atoms with Crippen molar-refractivity contribution < 1.29 is 9.53 Å². The lowest BCUT2D eigenvalue weighted by atomic mass is 10.2. The van der Waals surface area contributed by atoms with E-state index in [2.05, 4.69) is 15.3 Å². The smallest absolute Gasteiger partial charge is 0.269 e. The molecule has 1 aromatic carbocycles. The van der Waals surface area contributed by atoms with E-state index in [1.165, 1.54) is 7.11 Å². The second-order valence-corrected chi connectivity index (χ2v) is 6.99. The molecule has 26 heavy (non-hydrogen) atoms. The first kappa shape index (κ1) is 19.8. The predicted molar refractivity (Wildman–Crippen MR) is 101 cm³/mol. The zero-order valence-electron chi connectivity index (χ0n) is 14.4. The summed E-state index contributed by atoms with van der Waals surface area (Å²) in [7, 11) is 1.51. The number of amides is 1. The van der Waals surface area contributed by atoms with Crippen LogP contribution in [0.15, 0.2) is 28.2 Å². The number of hydrogen-bond acceptors (Lipinski definition) is 6. The lowest BCUT2D eigenvalue weighted by Gasteiger charge is -2.13. The van der Waals surface area contributed by atoms with E-state index in [9.17, 15) is 9.59 Å². The normalized spacial score (nSPS) is 11.5. The summed E-state index contributed by atoms with van der Waals surface area (Å²) in [6, 6.07) is 6.77. The number of nitrogens with zero attached hydrogens (tertiary/aromatic N) is 2. The molecule has 0 fully saturated rings. The molecule has 1 atom stereocenters. The van der Waals surface area contributed by atoms with Crippen molar-refractivity contribution >= 4 is 35.0 Å². The van der Waals surface area contributed by atoms with Crippen LogP contribution in [0.5, 0.6) is 5.75 Å². The Hall–Kier alpha value is -2.50. The number of carbonyl (C=O) groups excluding carboxylic acids is 1. The maximum absolute atomic E-state index is 12.4. The molecular formula is C17H17ClN4O3S. The van der Waals surface area contributed by atoms with E-state index in [0.29, 0.717) is 33.7 Å². The van der Waals surface area contributed by atoms with Gasteiger partial charge in [0.2, 0.25) is 5.91 Å². The number of halogens is 1. The molecule has 136 valence electrons. The Bertz CT molecular complexity index is 923. The second-order valence-electron chi connectivity index (χ2n) is 5.26. The van der Waals surface area contributed by atoms with Crippen LogP contribution in [0.4, 0.5) is 5.69 Å². The maximum Gasteiger partial charge on any atom is 0.269 e. The van der Waals surface area contributed by atoms with Gasteiger partial charge in [-0.3, -0.25) is 9.59 Å². The summed E-state index contributed by atoms with van der Waals surface area (Å²) < 4.78 is 5.07. The Morgan fingerprint density at radius 1 is 1.54 bits per heavy atom. The summed E-state index contributed by atoms with van der Waals surface area (Å²) in [4.78, 5) is 31.1. The van der Waals surface area contributed by atoms with Crippen LogP contribution in [0.2, 0.25) is 5.02 Å². The SMILES string of the molecule is CCc1nc(S[C@H](C)C(=O)Nc2ccc(OC)c(Cl)c2)[nH]c(=O)c1C#N. The molecule has 0 bridgehead atoms. The van der Waals surface area contributed by atoms with Crippen LogP contribution in [0, 0.1) is 11.3 Å². The van der Waals surface area contributed by atoms with Crippen LogP contribution in [0.3, 0.4) is 0 Å². The van der Waals surface area contributed by atoms with Crippen molar-refractivity contribution in [3.05, 3.63) is 44.8 Å². The highest BCUT2D eigenvalue weighted by Crippen LogP contribution is 2.28. The topological polar surface area (TPSA) is 108 Å². The van der Waals surface area contributed by atoms with E-state index in [4.69, 9.17) is 21.6 Å². The van der Waals surface area contributed by atoms with Crippen LogP contribution in [0.1, 0.15) is 25.1 Å². The third kappa shape index (κ3) is 4.56. The van der Waals surface area contributed by atoms with Gasteiger partial charge in [-0.25, -0.2) is 4.98 Å². The first-order chi connectivity index (χ1) is 12.4. The molecule has 1 aromatic heterocycles. The number of ether oxygens (including phenoxy) is 1. The summed E-state index contributed by atoms with van der Waals surface area (Å²) >= 11 is 7.14. The molecule has 0 aliphatic heterocycles. The third-order valence-corrected chi connectivity index (χ3v) is 4.78. The fraction of sp³-hybridized carbons (Fsp3) is 0.294. The Kier molecular flexibility index (Phi) is 6.66. The molecule has 2 aromatic rings. The highest BCUT2D eigenvalue weighted by molar-refractivity contribution is 8.00.